The summed E-state index contributed by atoms with van der Waals surface area (Å²) < 4.78 is 40.6. The number of hydrogen-bond acceptors (Lipinski definition) is 2. The van der Waals surface area contributed by atoms with E-state index < -0.39 is 15.8 Å². The Morgan fingerprint density at radius 3 is 2.62 bits per heavy atom. The predicted molar refractivity (Wildman–Crippen MR) is 82.5 cm³/mol. The number of halogens is 2. The molecule has 2 atom stereocenters. The highest BCUT2D eigenvalue weighted by Gasteiger charge is 2.26. The molecular formula is C15H21ClFNO2S. The lowest BCUT2D eigenvalue weighted by Gasteiger charge is -2.30. The topological polar surface area (TPSA) is 46.2 Å². The molecule has 1 aliphatic rings. The Balaban J connectivity index is 2.09. The van der Waals surface area contributed by atoms with E-state index in [0.717, 1.165) is 31.7 Å². The molecule has 2 rings (SSSR count). The zero-order valence-electron chi connectivity index (χ0n) is 12.1. The summed E-state index contributed by atoms with van der Waals surface area (Å²) in [5, 5.41) is 0. The van der Waals surface area contributed by atoms with Gasteiger partial charge in [-0.05, 0) is 49.3 Å². The minimum absolute atomic E-state index is 0.0146. The number of alkyl halides is 1. The van der Waals surface area contributed by atoms with Gasteiger partial charge in [0, 0.05) is 12.4 Å². The van der Waals surface area contributed by atoms with Crippen molar-refractivity contribution in [3.63, 3.8) is 0 Å². The standard InChI is InChI=1S/C15H21ClFNO2S/c1-11-6-7-14(17)8-15(11)21(19,20)18-10-13-5-3-2-4-12(13)9-16/h6-8,12-13,18H,2-5,9-10H2,1H3. The first-order chi connectivity index (χ1) is 9.94. The van der Waals surface area contributed by atoms with Gasteiger partial charge in [-0.25, -0.2) is 17.5 Å². The number of aryl methyl sites for hydroxylation is 1. The summed E-state index contributed by atoms with van der Waals surface area (Å²) >= 11 is 5.96. The van der Waals surface area contributed by atoms with Crippen molar-refractivity contribution in [3.8, 4) is 0 Å². The molecule has 0 heterocycles. The van der Waals surface area contributed by atoms with Gasteiger partial charge >= 0.3 is 0 Å². The minimum atomic E-state index is -3.68. The summed E-state index contributed by atoms with van der Waals surface area (Å²) in [6.45, 7) is 2.03. The number of benzene rings is 1. The van der Waals surface area contributed by atoms with Crippen LogP contribution < -0.4 is 4.72 Å². The normalized spacial score (nSPS) is 23.2. The number of hydrogen-bond donors (Lipinski definition) is 1. The minimum Gasteiger partial charge on any atom is -0.211 e. The summed E-state index contributed by atoms with van der Waals surface area (Å²) in [4.78, 5) is 0.0146. The molecule has 1 aromatic rings. The molecule has 1 saturated carbocycles. The maximum atomic E-state index is 13.3. The van der Waals surface area contributed by atoms with Crippen molar-refractivity contribution in [3.05, 3.63) is 29.6 Å². The summed E-state index contributed by atoms with van der Waals surface area (Å²) in [7, 11) is -3.68. The van der Waals surface area contributed by atoms with Gasteiger partial charge in [0.2, 0.25) is 10.0 Å². The van der Waals surface area contributed by atoms with E-state index in [0.29, 0.717) is 23.9 Å². The molecule has 1 aliphatic carbocycles. The van der Waals surface area contributed by atoms with Crippen LogP contribution in [-0.4, -0.2) is 20.8 Å². The summed E-state index contributed by atoms with van der Waals surface area (Å²) in [5.74, 6) is 0.639. The maximum Gasteiger partial charge on any atom is 0.240 e. The lowest BCUT2D eigenvalue weighted by molar-refractivity contribution is 0.260. The smallest absolute Gasteiger partial charge is 0.211 e. The molecular weight excluding hydrogens is 313 g/mol. The van der Waals surface area contributed by atoms with Gasteiger partial charge in [0.05, 0.1) is 4.90 Å². The Labute approximate surface area is 130 Å². The van der Waals surface area contributed by atoms with Crippen LogP contribution >= 0.6 is 11.6 Å². The fourth-order valence-corrected chi connectivity index (χ4v) is 4.67. The zero-order chi connectivity index (χ0) is 15.5. The molecule has 3 nitrogen and oxygen atoms in total. The monoisotopic (exact) mass is 333 g/mol. The number of sulfonamides is 1. The van der Waals surface area contributed by atoms with E-state index in [9.17, 15) is 12.8 Å². The van der Waals surface area contributed by atoms with Crippen LogP contribution in [0.15, 0.2) is 23.1 Å². The first-order valence-corrected chi connectivity index (χ1v) is 9.27. The highest BCUT2D eigenvalue weighted by molar-refractivity contribution is 7.89. The molecule has 0 radical (unpaired) electrons. The molecule has 6 heteroatoms. The van der Waals surface area contributed by atoms with Gasteiger partial charge in [-0.2, -0.15) is 0 Å². The van der Waals surface area contributed by atoms with Crippen LogP contribution in [-0.2, 0) is 10.0 Å². The lowest BCUT2D eigenvalue weighted by atomic mass is 9.80. The molecule has 2 unspecified atom stereocenters. The Kier molecular flexibility index (Phi) is 5.63. The Morgan fingerprint density at radius 1 is 1.29 bits per heavy atom. The highest BCUT2D eigenvalue weighted by atomic mass is 35.5. The fourth-order valence-electron chi connectivity index (χ4n) is 2.91. The Hall–Kier alpha value is -0.650. The molecule has 1 N–H and O–H groups in total. The maximum absolute atomic E-state index is 13.3. The Bertz CT molecular complexity index is 591. The van der Waals surface area contributed by atoms with Crippen LogP contribution in [0.3, 0.4) is 0 Å². The van der Waals surface area contributed by atoms with Crippen LogP contribution in [0, 0.1) is 24.6 Å². The van der Waals surface area contributed by atoms with Crippen LogP contribution in [0.25, 0.3) is 0 Å². The largest absolute Gasteiger partial charge is 0.240 e. The van der Waals surface area contributed by atoms with E-state index in [1.54, 1.807) is 6.92 Å². The van der Waals surface area contributed by atoms with Gasteiger partial charge in [0.25, 0.3) is 0 Å². The third-order valence-electron chi connectivity index (χ3n) is 4.24. The van der Waals surface area contributed by atoms with Crippen molar-refractivity contribution in [2.45, 2.75) is 37.5 Å². The Morgan fingerprint density at radius 2 is 1.95 bits per heavy atom. The van der Waals surface area contributed by atoms with Gasteiger partial charge in [-0.1, -0.05) is 18.9 Å². The van der Waals surface area contributed by atoms with Crippen molar-refractivity contribution in [2.75, 3.05) is 12.4 Å². The van der Waals surface area contributed by atoms with Crippen LogP contribution in [0.4, 0.5) is 4.39 Å². The molecule has 0 saturated heterocycles. The molecule has 0 spiro atoms. The molecule has 21 heavy (non-hydrogen) atoms. The molecule has 0 aromatic heterocycles. The van der Waals surface area contributed by atoms with Crippen LogP contribution in [0.1, 0.15) is 31.2 Å². The van der Waals surface area contributed by atoms with E-state index >= 15 is 0 Å². The van der Waals surface area contributed by atoms with E-state index in [1.165, 1.54) is 12.1 Å². The molecule has 1 aromatic carbocycles. The average Bonchev–Trinajstić information content (AvgIpc) is 2.48. The van der Waals surface area contributed by atoms with Gasteiger partial charge in [-0.3, -0.25) is 0 Å². The van der Waals surface area contributed by atoms with Crippen molar-refractivity contribution in [1.29, 1.82) is 0 Å². The summed E-state index contributed by atoms with van der Waals surface area (Å²) in [5.41, 5.74) is 0.543. The SMILES string of the molecule is Cc1ccc(F)cc1S(=O)(=O)NCC1CCCCC1CCl. The third-order valence-corrected chi connectivity index (χ3v) is 6.20. The quantitative estimate of drug-likeness (QED) is 0.839. The molecule has 1 fully saturated rings. The second-order valence-electron chi connectivity index (χ2n) is 5.72. The predicted octanol–water partition coefficient (Wildman–Crippen LogP) is 3.46. The van der Waals surface area contributed by atoms with Crippen molar-refractivity contribution >= 4 is 21.6 Å². The first-order valence-electron chi connectivity index (χ1n) is 7.26. The van der Waals surface area contributed by atoms with E-state index in [4.69, 9.17) is 11.6 Å². The van der Waals surface area contributed by atoms with Crippen LogP contribution in [0.2, 0.25) is 0 Å². The fraction of sp³-hybridized carbons (Fsp3) is 0.600. The second kappa shape index (κ2) is 7.07. The van der Waals surface area contributed by atoms with Gasteiger partial charge in [-0.15, -0.1) is 11.6 Å². The van der Waals surface area contributed by atoms with Gasteiger partial charge in [0.15, 0.2) is 0 Å². The number of rotatable bonds is 5. The van der Waals surface area contributed by atoms with Crippen molar-refractivity contribution in [1.82, 2.24) is 4.72 Å². The molecule has 0 amide bonds. The van der Waals surface area contributed by atoms with Crippen LogP contribution in [0.5, 0.6) is 0 Å². The lowest BCUT2D eigenvalue weighted by Crippen LogP contribution is -2.35. The van der Waals surface area contributed by atoms with Gasteiger partial charge in [0.1, 0.15) is 5.82 Å². The zero-order valence-corrected chi connectivity index (χ0v) is 13.7. The van der Waals surface area contributed by atoms with Crippen molar-refractivity contribution < 1.29 is 12.8 Å². The summed E-state index contributed by atoms with van der Waals surface area (Å²) in [6, 6.07) is 3.81. The van der Waals surface area contributed by atoms with E-state index in [-0.39, 0.29) is 10.8 Å². The third kappa shape index (κ3) is 4.18. The van der Waals surface area contributed by atoms with Gasteiger partial charge < -0.3 is 0 Å². The molecule has 0 aliphatic heterocycles. The number of nitrogens with one attached hydrogen (secondary N) is 1. The average molecular weight is 334 g/mol. The first kappa shape index (κ1) is 16.7. The molecule has 0 bridgehead atoms. The summed E-state index contributed by atoms with van der Waals surface area (Å²) in [6.07, 6.45) is 4.30. The van der Waals surface area contributed by atoms with E-state index in [1.807, 2.05) is 0 Å². The van der Waals surface area contributed by atoms with Crippen molar-refractivity contribution in [2.24, 2.45) is 11.8 Å². The highest BCUT2D eigenvalue weighted by Crippen LogP contribution is 2.30. The second-order valence-corrected chi connectivity index (χ2v) is 7.76. The van der Waals surface area contributed by atoms with E-state index in [2.05, 4.69) is 4.72 Å². The molecule has 118 valence electrons.